The molecule has 1 aromatic heterocycles. The molecular weight excluding hydrogens is 292 g/mol. The largest absolute Gasteiger partial charge is 0.497 e. The first-order chi connectivity index (χ1) is 11.1. The van der Waals surface area contributed by atoms with E-state index in [0.29, 0.717) is 5.69 Å². The molecule has 0 bridgehead atoms. The molecule has 0 atom stereocenters. The van der Waals surface area contributed by atoms with E-state index >= 15 is 0 Å². The Labute approximate surface area is 133 Å². The van der Waals surface area contributed by atoms with Crippen LogP contribution >= 0.6 is 0 Å². The van der Waals surface area contributed by atoms with Crippen LogP contribution in [-0.2, 0) is 6.54 Å². The van der Waals surface area contributed by atoms with E-state index in [0.717, 1.165) is 34.5 Å². The van der Waals surface area contributed by atoms with Gasteiger partial charge in [0.15, 0.2) is 0 Å². The molecular formula is C18H18N2O3. The van der Waals surface area contributed by atoms with Gasteiger partial charge in [0.2, 0.25) is 0 Å². The van der Waals surface area contributed by atoms with Crippen LogP contribution in [-0.4, -0.2) is 22.8 Å². The number of nitrogens with two attached hydrogens (primary N) is 1. The average Bonchev–Trinajstić information content (AvgIpc) is 2.86. The summed E-state index contributed by atoms with van der Waals surface area (Å²) in [7, 11) is 1.62. The van der Waals surface area contributed by atoms with Crippen molar-refractivity contribution in [2.75, 3.05) is 12.8 Å². The summed E-state index contributed by atoms with van der Waals surface area (Å²) in [5.74, 6) is -0.185. The number of carboxylic acid groups (broad SMARTS) is 1. The van der Waals surface area contributed by atoms with Crippen molar-refractivity contribution in [3.05, 3.63) is 48.0 Å². The summed E-state index contributed by atoms with van der Waals surface area (Å²) in [6, 6.07) is 12.6. The number of fused-ring (bicyclic) bond motifs is 1. The van der Waals surface area contributed by atoms with Crippen LogP contribution in [0, 0.1) is 0 Å². The summed E-state index contributed by atoms with van der Waals surface area (Å²) >= 11 is 0. The van der Waals surface area contributed by atoms with E-state index in [-0.39, 0.29) is 5.56 Å². The zero-order chi connectivity index (χ0) is 16.6. The molecule has 2 aromatic carbocycles. The molecule has 3 rings (SSSR count). The van der Waals surface area contributed by atoms with Gasteiger partial charge in [-0.05, 0) is 37.3 Å². The molecule has 0 aliphatic rings. The average molecular weight is 310 g/mol. The van der Waals surface area contributed by atoms with Gasteiger partial charge in [-0.1, -0.05) is 12.1 Å². The number of hydrogen-bond acceptors (Lipinski definition) is 3. The fourth-order valence-electron chi connectivity index (χ4n) is 2.90. The molecule has 5 nitrogen and oxygen atoms in total. The molecule has 3 N–H and O–H groups in total. The number of ether oxygens (including phenoxy) is 1. The van der Waals surface area contributed by atoms with Crippen LogP contribution in [0.1, 0.15) is 17.3 Å². The van der Waals surface area contributed by atoms with E-state index in [1.807, 2.05) is 18.2 Å². The second-order valence-electron chi connectivity index (χ2n) is 5.27. The standard InChI is InChI=1S/C18H18N2O3/c1-3-20-15-9-8-13(23-2)10-14(15)16(19)17(20)11-4-6-12(7-5-11)18(21)22/h4-10H,3,19H2,1-2H3,(H,21,22). The first-order valence-corrected chi connectivity index (χ1v) is 7.36. The van der Waals surface area contributed by atoms with Crippen molar-refractivity contribution in [1.82, 2.24) is 4.57 Å². The highest BCUT2D eigenvalue weighted by Gasteiger charge is 2.16. The molecule has 3 aromatic rings. The lowest BCUT2D eigenvalue weighted by Crippen LogP contribution is -2.00. The molecule has 0 unspecified atom stereocenters. The van der Waals surface area contributed by atoms with Crippen molar-refractivity contribution in [2.45, 2.75) is 13.5 Å². The van der Waals surface area contributed by atoms with Crippen LogP contribution in [0.4, 0.5) is 5.69 Å². The van der Waals surface area contributed by atoms with Crippen molar-refractivity contribution in [3.8, 4) is 17.0 Å². The Balaban J connectivity index is 2.23. The number of nitrogen functional groups attached to an aromatic ring is 1. The van der Waals surface area contributed by atoms with Gasteiger partial charge in [0.25, 0.3) is 0 Å². The van der Waals surface area contributed by atoms with E-state index in [9.17, 15) is 4.79 Å². The zero-order valence-corrected chi connectivity index (χ0v) is 13.0. The number of methoxy groups -OCH3 is 1. The normalized spacial score (nSPS) is 10.9. The van der Waals surface area contributed by atoms with Crippen LogP contribution in [0.25, 0.3) is 22.2 Å². The topological polar surface area (TPSA) is 77.5 Å². The minimum Gasteiger partial charge on any atom is -0.497 e. The van der Waals surface area contributed by atoms with Crippen molar-refractivity contribution in [2.24, 2.45) is 0 Å². The number of anilines is 1. The summed E-state index contributed by atoms with van der Waals surface area (Å²) in [5.41, 5.74) is 10.1. The molecule has 0 fully saturated rings. The fraction of sp³-hybridized carbons (Fsp3) is 0.167. The number of rotatable bonds is 4. The van der Waals surface area contributed by atoms with E-state index in [1.54, 1.807) is 31.4 Å². The number of carboxylic acids is 1. The van der Waals surface area contributed by atoms with E-state index in [1.165, 1.54) is 0 Å². The Morgan fingerprint density at radius 2 is 1.91 bits per heavy atom. The SMILES string of the molecule is CCn1c(-c2ccc(C(=O)O)cc2)c(N)c2cc(OC)ccc21. The molecule has 1 heterocycles. The van der Waals surface area contributed by atoms with Crippen molar-refractivity contribution >= 4 is 22.6 Å². The Morgan fingerprint density at radius 3 is 2.48 bits per heavy atom. The summed E-state index contributed by atoms with van der Waals surface area (Å²) in [6.45, 7) is 2.81. The Kier molecular flexibility index (Phi) is 3.70. The van der Waals surface area contributed by atoms with Gasteiger partial charge in [-0.15, -0.1) is 0 Å². The van der Waals surface area contributed by atoms with Crippen LogP contribution in [0.5, 0.6) is 5.75 Å². The van der Waals surface area contributed by atoms with Gasteiger partial charge in [0.1, 0.15) is 5.75 Å². The Bertz CT molecular complexity index is 879. The van der Waals surface area contributed by atoms with E-state index in [2.05, 4.69) is 11.5 Å². The summed E-state index contributed by atoms with van der Waals surface area (Å²) in [4.78, 5) is 11.0. The van der Waals surface area contributed by atoms with Crippen molar-refractivity contribution < 1.29 is 14.6 Å². The molecule has 0 spiro atoms. The third kappa shape index (κ3) is 2.40. The highest BCUT2D eigenvalue weighted by molar-refractivity contribution is 6.01. The van der Waals surface area contributed by atoms with Gasteiger partial charge in [-0.3, -0.25) is 0 Å². The van der Waals surface area contributed by atoms with Crippen LogP contribution in [0.2, 0.25) is 0 Å². The predicted molar refractivity (Wildman–Crippen MR) is 91.0 cm³/mol. The summed E-state index contributed by atoms with van der Waals surface area (Å²) < 4.78 is 7.40. The van der Waals surface area contributed by atoms with Gasteiger partial charge < -0.3 is 20.1 Å². The lowest BCUT2D eigenvalue weighted by atomic mass is 10.1. The highest BCUT2D eigenvalue weighted by Crippen LogP contribution is 2.37. The predicted octanol–water partition coefficient (Wildman–Crippen LogP) is 3.62. The Hall–Kier alpha value is -2.95. The molecule has 118 valence electrons. The number of hydrogen-bond donors (Lipinski definition) is 2. The Morgan fingerprint density at radius 1 is 1.22 bits per heavy atom. The molecule has 0 aliphatic carbocycles. The van der Waals surface area contributed by atoms with Crippen LogP contribution in [0.3, 0.4) is 0 Å². The minimum absolute atomic E-state index is 0.258. The second kappa shape index (κ2) is 5.68. The van der Waals surface area contributed by atoms with E-state index in [4.69, 9.17) is 15.6 Å². The molecule has 0 saturated heterocycles. The molecule has 0 saturated carbocycles. The number of carbonyl (C=O) groups is 1. The zero-order valence-electron chi connectivity index (χ0n) is 13.0. The van der Waals surface area contributed by atoms with Gasteiger partial charge in [0, 0.05) is 17.5 Å². The second-order valence-corrected chi connectivity index (χ2v) is 5.27. The van der Waals surface area contributed by atoms with Crippen LogP contribution in [0.15, 0.2) is 42.5 Å². The lowest BCUT2D eigenvalue weighted by molar-refractivity contribution is 0.0697. The number of aryl methyl sites for hydroxylation is 1. The highest BCUT2D eigenvalue weighted by atomic mass is 16.5. The maximum Gasteiger partial charge on any atom is 0.335 e. The first kappa shape index (κ1) is 15.0. The number of benzene rings is 2. The van der Waals surface area contributed by atoms with Gasteiger partial charge in [-0.25, -0.2) is 4.79 Å². The third-order valence-electron chi connectivity index (χ3n) is 4.03. The quantitative estimate of drug-likeness (QED) is 0.771. The molecule has 0 amide bonds. The molecule has 0 radical (unpaired) electrons. The maximum absolute atomic E-state index is 11.0. The number of aromatic carboxylic acids is 1. The van der Waals surface area contributed by atoms with Gasteiger partial charge >= 0.3 is 5.97 Å². The smallest absolute Gasteiger partial charge is 0.335 e. The first-order valence-electron chi connectivity index (χ1n) is 7.36. The number of aromatic nitrogens is 1. The van der Waals surface area contributed by atoms with E-state index < -0.39 is 5.97 Å². The fourth-order valence-corrected chi connectivity index (χ4v) is 2.90. The monoisotopic (exact) mass is 310 g/mol. The van der Waals surface area contributed by atoms with Crippen molar-refractivity contribution in [1.29, 1.82) is 0 Å². The third-order valence-corrected chi connectivity index (χ3v) is 4.03. The number of nitrogens with zero attached hydrogens (tertiary/aromatic N) is 1. The summed E-state index contributed by atoms with van der Waals surface area (Å²) in [5, 5.41) is 9.96. The molecule has 0 aliphatic heterocycles. The maximum atomic E-state index is 11.0. The lowest BCUT2D eigenvalue weighted by Gasteiger charge is -2.09. The summed E-state index contributed by atoms with van der Waals surface area (Å²) in [6.07, 6.45) is 0. The minimum atomic E-state index is -0.940. The molecule has 5 heteroatoms. The molecule has 23 heavy (non-hydrogen) atoms. The van der Waals surface area contributed by atoms with Crippen molar-refractivity contribution in [3.63, 3.8) is 0 Å². The van der Waals surface area contributed by atoms with Gasteiger partial charge in [0.05, 0.1) is 29.6 Å². The van der Waals surface area contributed by atoms with Gasteiger partial charge in [-0.2, -0.15) is 0 Å². The van der Waals surface area contributed by atoms with Crippen LogP contribution < -0.4 is 10.5 Å².